The van der Waals surface area contributed by atoms with Gasteiger partial charge in [0.25, 0.3) is 5.91 Å². The van der Waals surface area contributed by atoms with Gasteiger partial charge in [0.05, 0.1) is 11.6 Å². The van der Waals surface area contributed by atoms with Gasteiger partial charge in [-0.25, -0.2) is 4.68 Å². The molecular formula is C19H21N3O3. The minimum Gasteiger partial charge on any atom is -0.481 e. The Hall–Kier alpha value is -2.63. The van der Waals surface area contributed by atoms with E-state index in [-0.39, 0.29) is 12.5 Å². The highest BCUT2D eigenvalue weighted by atomic mass is 16.4. The number of carbonyl (C=O) groups is 2. The lowest BCUT2D eigenvalue weighted by atomic mass is 10.1. The van der Waals surface area contributed by atoms with Crippen molar-refractivity contribution in [2.75, 3.05) is 13.1 Å². The Morgan fingerprint density at radius 1 is 1.24 bits per heavy atom. The maximum absolute atomic E-state index is 13.0. The number of likely N-dealkylation sites (tertiary alicyclic amines) is 1. The standard InChI is InChI=1S/C19H21N3O3/c1-12-5-2-3-7-15(12)22-16-8-4-6-14(16)17(20-22)18(23)21-10-9-13(11-21)19(24)25/h2-3,5,7,13H,4,6,8-11H2,1H3,(H,24,25). The first kappa shape index (κ1) is 15.9. The number of aromatic nitrogens is 2. The fraction of sp³-hybridized carbons (Fsp3) is 0.421. The molecule has 0 bridgehead atoms. The van der Waals surface area contributed by atoms with Crippen LogP contribution in [0.3, 0.4) is 0 Å². The summed E-state index contributed by atoms with van der Waals surface area (Å²) in [5, 5.41) is 13.8. The average molecular weight is 339 g/mol. The molecule has 0 spiro atoms. The van der Waals surface area contributed by atoms with Gasteiger partial charge in [0.15, 0.2) is 5.69 Å². The molecule has 1 atom stereocenters. The normalized spacial score (nSPS) is 19.2. The van der Waals surface area contributed by atoms with E-state index in [0.29, 0.717) is 18.7 Å². The van der Waals surface area contributed by atoms with Gasteiger partial charge in [-0.2, -0.15) is 5.10 Å². The van der Waals surface area contributed by atoms with Crippen LogP contribution in [0.5, 0.6) is 0 Å². The van der Waals surface area contributed by atoms with Gasteiger partial charge in [0.2, 0.25) is 0 Å². The fourth-order valence-corrected chi connectivity index (χ4v) is 3.91. The highest BCUT2D eigenvalue weighted by Gasteiger charge is 2.35. The van der Waals surface area contributed by atoms with Gasteiger partial charge >= 0.3 is 5.97 Å². The van der Waals surface area contributed by atoms with Crippen LogP contribution in [0.2, 0.25) is 0 Å². The Kier molecular flexibility index (Phi) is 3.82. The van der Waals surface area contributed by atoms with Crippen molar-refractivity contribution in [2.24, 2.45) is 5.92 Å². The maximum Gasteiger partial charge on any atom is 0.308 e. The number of hydrogen-bond acceptors (Lipinski definition) is 3. The molecule has 1 fully saturated rings. The molecule has 1 amide bonds. The number of fused-ring (bicyclic) bond motifs is 1. The van der Waals surface area contributed by atoms with Crippen molar-refractivity contribution in [1.82, 2.24) is 14.7 Å². The van der Waals surface area contributed by atoms with Crippen LogP contribution in [0.4, 0.5) is 0 Å². The molecule has 1 aliphatic heterocycles. The first-order chi connectivity index (χ1) is 12.1. The molecule has 1 aliphatic carbocycles. The second kappa shape index (κ2) is 6.02. The predicted molar refractivity (Wildman–Crippen MR) is 92.0 cm³/mol. The number of carbonyl (C=O) groups excluding carboxylic acids is 1. The van der Waals surface area contributed by atoms with Gasteiger partial charge in [-0.15, -0.1) is 0 Å². The number of aliphatic carboxylic acids is 1. The molecule has 1 aromatic heterocycles. The summed E-state index contributed by atoms with van der Waals surface area (Å²) in [6.07, 6.45) is 3.32. The van der Waals surface area contributed by atoms with Gasteiger partial charge in [-0.05, 0) is 44.2 Å². The zero-order chi connectivity index (χ0) is 17.6. The molecule has 2 aromatic rings. The van der Waals surface area contributed by atoms with Crippen LogP contribution in [0, 0.1) is 12.8 Å². The van der Waals surface area contributed by atoms with E-state index in [1.54, 1.807) is 4.90 Å². The summed E-state index contributed by atoms with van der Waals surface area (Å²) in [5.41, 5.74) is 4.77. The van der Waals surface area contributed by atoms with Crippen LogP contribution < -0.4 is 0 Å². The highest BCUT2D eigenvalue weighted by Crippen LogP contribution is 2.30. The number of aryl methyl sites for hydroxylation is 1. The van der Waals surface area contributed by atoms with E-state index < -0.39 is 11.9 Å². The monoisotopic (exact) mass is 339 g/mol. The molecule has 2 heterocycles. The van der Waals surface area contributed by atoms with E-state index in [1.807, 2.05) is 35.9 Å². The van der Waals surface area contributed by atoms with Crippen LogP contribution in [-0.2, 0) is 17.6 Å². The maximum atomic E-state index is 13.0. The van der Waals surface area contributed by atoms with Crippen molar-refractivity contribution < 1.29 is 14.7 Å². The van der Waals surface area contributed by atoms with E-state index in [9.17, 15) is 9.59 Å². The molecule has 6 heteroatoms. The quantitative estimate of drug-likeness (QED) is 0.930. The lowest BCUT2D eigenvalue weighted by molar-refractivity contribution is -0.141. The second-order valence-corrected chi connectivity index (χ2v) is 6.90. The van der Waals surface area contributed by atoms with Gasteiger partial charge in [-0.1, -0.05) is 18.2 Å². The van der Waals surface area contributed by atoms with E-state index in [0.717, 1.165) is 41.8 Å². The smallest absolute Gasteiger partial charge is 0.308 e. The summed E-state index contributed by atoms with van der Waals surface area (Å²) in [7, 11) is 0. The van der Waals surface area contributed by atoms with E-state index in [1.165, 1.54) is 0 Å². The number of nitrogens with zero attached hydrogens (tertiary/aromatic N) is 3. The molecule has 130 valence electrons. The van der Waals surface area contributed by atoms with Crippen LogP contribution in [0.15, 0.2) is 24.3 Å². The zero-order valence-electron chi connectivity index (χ0n) is 14.2. The molecule has 1 N–H and O–H groups in total. The zero-order valence-corrected chi connectivity index (χ0v) is 14.2. The molecule has 0 saturated carbocycles. The van der Waals surface area contributed by atoms with Gasteiger partial charge < -0.3 is 10.0 Å². The topological polar surface area (TPSA) is 75.4 Å². The molecule has 1 saturated heterocycles. The first-order valence-electron chi connectivity index (χ1n) is 8.75. The SMILES string of the molecule is Cc1ccccc1-n1nc(C(=O)N2CCC(C(=O)O)C2)c2c1CCC2. The third-order valence-electron chi connectivity index (χ3n) is 5.30. The number of carboxylic acid groups (broad SMARTS) is 1. The lowest BCUT2D eigenvalue weighted by Gasteiger charge is -2.15. The van der Waals surface area contributed by atoms with Crippen LogP contribution in [0.25, 0.3) is 5.69 Å². The van der Waals surface area contributed by atoms with E-state index in [2.05, 4.69) is 5.10 Å². The minimum atomic E-state index is -0.828. The minimum absolute atomic E-state index is 0.130. The van der Waals surface area contributed by atoms with Crippen molar-refractivity contribution in [3.8, 4) is 5.69 Å². The van der Waals surface area contributed by atoms with Crippen molar-refractivity contribution in [3.05, 3.63) is 46.8 Å². The van der Waals surface area contributed by atoms with Crippen LogP contribution in [-0.4, -0.2) is 44.8 Å². The number of hydrogen-bond donors (Lipinski definition) is 1. The molecule has 25 heavy (non-hydrogen) atoms. The van der Waals surface area contributed by atoms with Crippen molar-refractivity contribution >= 4 is 11.9 Å². The second-order valence-electron chi connectivity index (χ2n) is 6.90. The molecule has 1 unspecified atom stereocenters. The molecule has 1 aromatic carbocycles. The number of carboxylic acids is 1. The number of para-hydroxylation sites is 1. The van der Waals surface area contributed by atoms with E-state index >= 15 is 0 Å². The summed E-state index contributed by atoms with van der Waals surface area (Å²) in [6.45, 7) is 2.81. The molecule has 0 radical (unpaired) electrons. The summed E-state index contributed by atoms with van der Waals surface area (Å²) in [5.74, 6) is -1.42. The Balaban J connectivity index is 1.70. The predicted octanol–water partition coefficient (Wildman–Crippen LogP) is 2.22. The Morgan fingerprint density at radius 2 is 2.04 bits per heavy atom. The molecule has 2 aliphatic rings. The van der Waals surface area contributed by atoms with Crippen molar-refractivity contribution in [2.45, 2.75) is 32.6 Å². The van der Waals surface area contributed by atoms with E-state index in [4.69, 9.17) is 5.11 Å². The lowest BCUT2D eigenvalue weighted by Crippen LogP contribution is -2.31. The molecular weight excluding hydrogens is 318 g/mol. The Labute approximate surface area is 146 Å². The van der Waals surface area contributed by atoms with Crippen molar-refractivity contribution in [3.63, 3.8) is 0 Å². The number of amides is 1. The van der Waals surface area contributed by atoms with Crippen molar-refractivity contribution in [1.29, 1.82) is 0 Å². The van der Waals surface area contributed by atoms with Gasteiger partial charge in [0, 0.05) is 24.3 Å². The number of benzene rings is 1. The third-order valence-corrected chi connectivity index (χ3v) is 5.30. The van der Waals surface area contributed by atoms with Gasteiger partial charge in [0.1, 0.15) is 0 Å². The van der Waals surface area contributed by atoms with Gasteiger partial charge in [-0.3, -0.25) is 9.59 Å². The number of rotatable bonds is 3. The summed E-state index contributed by atoms with van der Waals surface area (Å²) in [4.78, 5) is 25.8. The molecule has 4 rings (SSSR count). The Bertz CT molecular complexity index is 856. The summed E-state index contributed by atoms with van der Waals surface area (Å²) >= 11 is 0. The van der Waals surface area contributed by atoms with Crippen LogP contribution >= 0.6 is 0 Å². The summed E-state index contributed by atoms with van der Waals surface area (Å²) < 4.78 is 1.91. The highest BCUT2D eigenvalue weighted by molar-refractivity contribution is 5.95. The fourth-order valence-electron chi connectivity index (χ4n) is 3.91. The summed E-state index contributed by atoms with van der Waals surface area (Å²) in [6, 6.07) is 8.03. The Morgan fingerprint density at radius 3 is 2.76 bits per heavy atom. The molecule has 6 nitrogen and oxygen atoms in total. The largest absolute Gasteiger partial charge is 0.481 e. The third kappa shape index (κ3) is 2.62. The first-order valence-corrected chi connectivity index (χ1v) is 8.75. The van der Waals surface area contributed by atoms with Crippen LogP contribution in [0.1, 0.15) is 40.2 Å². The average Bonchev–Trinajstić information content (AvgIpc) is 3.31.